The van der Waals surface area contributed by atoms with Crippen molar-refractivity contribution >= 4 is 11.9 Å². The first kappa shape index (κ1) is 58.1. The minimum Gasteiger partial charge on any atom is -0.453 e. The Morgan fingerprint density at radius 2 is 0.970 bits per heavy atom. The number of hydrogen-bond donors (Lipinski definition) is 8. The van der Waals surface area contributed by atoms with E-state index < -0.39 is 128 Å². The van der Waals surface area contributed by atoms with Crippen molar-refractivity contribution in [1.82, 2.24) is 0 Å². The normalized spacial score (nSPS) is 34.8. The molecule has 0 saturated carbocycles. The van der Waals surface area contributed by atoms with Gasteiger partial charge in [-0.15, -0.1) is 19.7 Å². The van der Waals surface area contributed by atoms with Gasteiger partial charge in [0.15, 0.2) is 31.1 Å². The second kappa shape index (κ2) is 25.6. The van der Waals surface area contributed by atoms with Gasteiger partial charge in [0.2, 0.25) is 0 Å². The number of carbonyl (C=O) groups is 2. The van der Waals surface area contributed by atoms with E-state index in [1.165, 1.54) is 19.9 Å². The molecule has 67 heavy (non-hydrogen) atoms. The Kier molecular flexibility index (Phi) is 22.2. The number of hydrogen-bond acceptors (Lipinski definition) is 18. The fourth-order valence-electron chi connectivity index (χ4n) is 7.54. The summed E-state index contributed by atoms with van der Waals surface area (Å²) in [5.74, 6) is -1.62. The van der Waals surface area contributed by atoms with E-state index in [4.69, 9.17) is 37.9 Å². The Hall–Kier alpha value is -3.18. The lowest BCUT2D eigenvalue weighted by atomic mass is 9.88. The number of ether oxygens (including phenoxy) is 8. The van der Waals surface area contributed by atoms with Gasteiger partial charge in [0.1, 0.15) is 54.9 Å². The van der Waals surface area contributed by atoms with Gasteiger partial charge in [0, 0.05) is 11.1 Å². The maximum absolute atomic E-state index is 13.4. The van der Waals surface area contributed by atoms with E-state index in [0.29, 0.717) is 25.7 Å². The molecule has 0 aliphatic carbocycles. The predicted molar refractivity (Wildman–Crippen MR) is 245 cm³/mol. The number of aliphatic hydroxyl groups excluding tert-OH is 8. The molecule has 0 aromatic heterocycles. The highest BCUT2D eigenvalue weighted by molar-refractivity contribution is 5.88. The molecule has 3 rings (SSSR count). The molecule has 382 valence electrons. The van der Waals surface area contributed by atoms with Gasteiger partial charge in [-0.1, -0.05) is 55.9 Å². The lowest BCUT2D eigenvalue weighted by Crippen LogP contribution is -2.65. The van der Waals surface area contributed by atoms with Crippen molar-refractivity contribution in [3.63, 3.8) is 0 Å². The van der Waals surface area contributed by atoms with Crippen molar-refractivity contribution < 1.29 is 88.3 Å². The van der Waals surface area contributed by atoms with Gasteiger partial charge < -0.3 is 78.7 Å². The highest BCUT2D eigenvalue weighted by Gasteiger charge is 2.53. The Balaban J connectivity index is 1.69. The standard InChI is InChI=1S/C49H78O18/c1-13-47(9,10)22-17-20-28(6)43(59)64-40-35(54)33(52)31(25-50)61-45(40)66-49(12,15-3)24-18-21-29(7)42(58)63-39-30(8)60-44(38(57)37(39)56)65-41-36(55)34(53)32(26-51)62-46(41)67-48(11,14-2)23-16-19-27(4)5/h13-15,19-21,30-41,44-46,50-57H,1-3,16-18,22-26H2,4-12H3. The number of aliphatic hydroxyl groups is 8. The molecule has 3 aliphatic rings. The minimum atomic E-state index is -1.84. The molecule has 18 nitrogen and oxygen atoms in total. The summed E-state index contributed by atoms with van der Waals surface area (Å²) in [7, 11) is 0. The van der Waals surface area contributed by atoms with Crippen LogP contribution in [0.25, 0.3) is 0 Å². The minimum absolute atomic E-state index is 0.113. The third kappa shape index (κ3) is 15.9. The van der Waals surface area contributed by atoms with Crippen molar-refractivity contribution in [2.75, 3.05) is 13.2 Å². The predicted octanol–water partition coefficient (Wildman–Crippen LogP) is 2.87. The summed E-state index contributed by atoms with van der Waals surface area (Å²) >= 11 is 0. The topological polar surface area (TPSA) is 270 Å². The van der Waals surface area contributed by atoms with Crippen LogP contribution in [-0.4, -0.2) is 169 Å². The first-order valence-corrected chi connectivity index (χ1v) is 22.9. The molecule has 3 aliphatic heterocycles. The number of carbonyl (C=O) groups excluding carboxylic acids is 2. The first-order valence-electron chi connectivity index (χ1n) is 22.9. The van der Waals surface area contributed by atoms with Gasteiger partial charge in [-0.05, 0) is 92.4 Å². The molecule has 3 heterocycles. The molecule has 0 spiro atoms. The highest BCUT2D eigenvalue weighted by atomic mass is 16.8. The molecule has 0 bridgehead atoms. The lowest BCUT2D eigenvalue weighted by molar-refractivity contribution is -0.373. The number of allylic oxidation sites excluding steroid dienone is 5. The summed E-state index contributed by atoms with van der Waals surface area (Å²) in [5, 5.41) is 85.8. The first-order chi connectivity index (χ1) is 31.3. The van der Waals surface area contributed by atoms with E-state index in [-0.39, 0.29) is 29.4 Å². The van der Waals surface area contributed by atoms with Crippen molar-refractivity contribution in [3.8, 4) is 0 Å². The maximum Gasteiger partial charge on any atom is 0.333 e. The second-order valence-corrected chi connectivity index (χ2v) is 19.1. The summed E-state index contributed by atoms with van der Waals surface area (Å²) in [4.78, 5) is 26.5. The molecule has 18 heteroatoms. The zero-order chi connectivity index (χ0) is 50.6. The highest BCUT2D eigenvalue weighted by Crippen LogP contribution is 2.35. The lowest BCUT2D eigenvalue weighted by Gasteiger charge is -2.47. The Morgan fingerprint density at radius 3 is 1.42 bits per heavy atom. The van der Waals surface area contributed by atoms with Crippen molar-refractivity contribution in [3.05, 3.63) is 72.9 Å². The van der Waals surface area contributed by atoms with Gasteiger partial charge in [-0.2, -0.15) is 0 Å². The van der Waals surface area contributed by atoms with Gasteiger partial charge in [0.05, 0.1) is 30.5 Å². The van der Waals surface area contributed by atoms with Crippen molar-refractivity contribution in [2.24, 2.45) is 5.41 Å². The van der Waals surface area contributed by atoms with Crippen LogP contribution in [0.15, 0.2) is 72.9 Å². The molecule has 8 N–H and O–H groups in total. The zero-order valence-corrected chi connectivity index (χ0v) is 40.6. The summed E-state index contributed by atoms with van der Waals surface area (Å²) < 4.78 is 47.2. The van der Waals surface area contributed by atoms with E-state index in [2.05, 4.69) is 19.7 Å². The molecule has 0 aromatic rings. The summed E-state index contributed by atoms with van der Waals surface area (Å²) in [6, 6.07) is 0. The average Bonchev–Trinajstić information content (AvgIpc) is 3.28. The van der Waals surface area contributed by atoms with E-state index in [0.717, 1.165) is 5.57 Å². The molecule has 0 aromatic carbocycles. The Labute approximate surface area is 395 Å². The monoisotopic (exact) mass is 955 g/mol. The number of rotatable bonds is 24. The SMILES string of the molecule is C=CC(C)(C)CCC=C(C)C(=O)OC1C(OC(C)(C=C)CCC=C(C)C(=O)OC2C(C)OC(OC3C(OC(C)(C=C)CCC=C(C)C)OC(CO)C(O)C3O)C(O)C2O)OC(CO)C(O)C1O. The van der Waals surface area contributed by atoms with E-state index in [9.17, 15) is 50.4 Å². The van der Waals surface area contributed by atoms with Gasteiger partial charge >= 0.3 is 11.9 Å². The van der Waals surface area contributed by atoms with Gasteiger partial charge in [-0.25, -0.2) is 9.59 Å². The molecule has 17 unspecified atom stereocenters. The molecule has 3 saturated heterocycles. The molecular formula is C49H78O18. The van der Waals surface area contributed by atoms with E-state index >= 15 is 0 Å². The third-order valence-corrected chi connectivity index (χ3v) is 12.6. The van der Waals surface area contributed by atoms with Crippen LogP contribution in [0.3, 0.4) is 0 Å². The van der Waals surface area contributed by atoms with Crippen LogP contribution >= 0.6 is 0 Å². The van der Waals surface area contributed by atoms with Gasteiger partial charge in [0.25, 0.3) is 0 Å². The fraction of sp³-hybridized carbons (Fsp3) is 0.714. The fourth-order valence-corrected chi connectivity index (χ4v) is 7.54. The molecule has 17 atom stereocenters. The van der Waals surface area contributed by atoms with Crippen LogP contribution in [0.4, 0.5) is 0 Å². The summed E-state index contributed by atoms with van der Waals surface area (Å²) in [5.41, 5.74) is -0.960. The van der Waals surface area contributed by atoms with Gasteiger partial charge in [-0.3, -0.25) is 0 Å². The quantitative estimate of drug-likeness (QED) is 0.0393. The van der Waals surface area contributed by atoms with E-state index in [1.807, 2.05) is 39.8 Å². The van der Waals surface area contributed by atoms with E-state index in [1.54, 1.807) is 39.0 Å². The Morgan fingerprint density at radius 1 is 0.552 bits per heavy atom. The van der Waals surface area contributed by atoms with Crippen molar-refractivity contribution in [1.29, 1.82) is 0 Å². The summed E-state index contributed by atoms with van der Waals surface area (Å²) in [6.45, 7) is 26.1. The average molecular weight is 955 g/mol. The van der Waals surface area contributed by atoms with Crippen LogP contribution in [0.2, 0.25) is 0 Å². The Bertz CT molecular complexity index is 1740. The molecular weight excluding hydrogens is 877 g/mol. The largest absolute Gasteiger partial charge is 0.453 e. The third-order valence-electron chi connectivity index (χ3n) is 12.6. The van der Waals surface area contributed by atoms with Crippen LogP contribution < -0.4 is 0 Å². The smallest absolute Gasteiger partial charge is 0.333 e. The maximum atomic E-state index is 13.4. The molecule has 0 radical (unpaired) electrons. The molecule has 0 amide bonds. The zero-order valence-electron chi connectivity index (χ0n) is 40.6. The molecule has 3 fully saturated rings. The van der Waals surface area contributed by atoms with Crippen LogP contribution in [-0.2, 0) is 47.5 Å². The van der Waals surface area contributed by atoms with Crippen LogP contribution in [0, 0.1) is 5.41 Å². The summed E-state index contributed by atoms with van der Waals surface area (Å²) in [6.07, 6.45) is -9.93. The second-order valence-electron chi connectivity index (χ2n) is 19.1. The van der Waals surface area contributed by atoms with Crippen molar-refractivity contribution in [2.45, 2.75) is 204 Å². The van der Waals surface area contributed by atoms with Crippen LogP contribution in [0.1, 0.15) is 101 Å². The van der Waals surface area contributed by atoms with Crippen LogP contribution in [0.5, 0.6) is 0 Å². The number of esters is 2.